The zero-order valence-corrected chi connectivity index (χ0v) is 26.6. The fourth-order valence-electron chi connectivity index (χ4n) is 6.40. The maximum Gasteiger partial charge on any atom is 0.159 e. The summed E-state index contributed by atoms with van der Waals surface area (Å²) in [5.41, 5.74) is 9.53. The SMILES string of the molecule is CSc1ccc2c(n1)N(c1cccc(CSc3cc4c(cn3)-c3ccccc3C(O)N4c3ccccc3)c1)C(O)c1ccccc1-2. The first-order valence-electron chi connectivity index (χ1n) is 15.1. The molecule has 2 aliphatic rings. The molecule has 0 spiro atoms. The average Bonchev–Trinajstić information content (AvgIpc) is 3.11. The highest BCUT2D eigenvalue weighted by Gasteiger charge is 2.33. The lowest BCUT2D eigenvalue weighted by molar-refractivity contribution is 0.182. The topological polar surface area (TPSA) is 72.7 Å². The number of rotatable bonds is 6. The van der Waals surface area contributed by atoms with E-state index in [1.54, 1.807) is 23.5 Å². The molecule has 2 unspecified atom stereocenters. The molecular formula is C38H30N4O2S2. The molecule has 2 N–H and O–H groups in total. The number of aromatic nitrogens is 2. The van der Waals surface area contributed by atoms with Crippen LogP contribution in [0.4, 0.5) is 22.9 Å². The Morgan fingerprint density at radius 2 is 1.30 bits per heavy atom. The van der Waals surface area contributed by atoms with Crippen LogP contribution < -0.4 is 9.80 Å². The minimum absolute atomic E-state index is 0.676. The number of benzene rings is 4. The van der Waals surface area contributed by atoms with E-state index in [0.717, 1.165) is 71.9 Å². The smallest absolute Gasteiger partial charge is 0.159 e. The molecule has 2 aliphatic heterocycles. The predicted octanol–water partition coefficient (Wildman–Crippen LogP) is 9.11. The maximum absolute atomic E-state index is 11.6. The van der Waals surface area contributed by atoms with Crippen molar-refractivity contribution >= 4 is 46.4 Å². The van der Waals surface area contributed by atoms with Crippen molar-refractivity contribution in [1.29, 1.82) is 0 Å². The molecular weight excluding hydrogens is 609 g/mol. The van der Waals surface area contributed by atoms with Crippen LogP contribution in [0, 0.1) is 0 Å². The second-order valence-corrected chi connectivity index (χ2v) is 13.0. The number of fused-ring (bicyclic) bond motifs is 6. The van der Waals surface area contributed by atoms with Crippen LogP contribution in [-0.4, -0.2) is 26.4 Å². The second kappa shape index (κ2) is 12.0. The molecule has 8 rings (SSSR count). The lowest BCUT2D eigenvalue weighted by Crippen LogP contribution is -2.28. The third kappa shape index (κ3) is 4.94. The molecule has 0 aliphatic carbocycles. The fraction of sp³-hybridized carbons (Fsp3) is 0.105. The van der Waals surface area contributed by atoms with Crippen molar-refractivity contribution in [2.75, 3.05) is 16.1 Å². The molecule has 0 saturated carbocycles. The Bertz CT molecular complexity index is 2070. The first-order valence-corrected chi connectivity index (χ1v) is 17.3. The van der Waals surface area contributed by atoms with Crippen molar-refractivity contribution in [3.8, 4) is 22.3 Å². The van der Waals surface area contributed by atoms with Crippen LogP contribution in [0.25, 0.3) is 22.3 Å². The highest BCUT2D eigenvalue weighted by Crippen LogP contribution is 2.49. The number of aliphatic hydroxyl groups excluding tert-OH is 2. The molecule has 0 fully saturated rings. The summed E-state index contributed by atoms with van der Waals surface area (Å²) in [6.07, 6.45) is 2.25. The standard InChI is InChI=1S/C38H30N4O2S2/c1-45-34-19-18-29-27-14-5-7-16-30(27)38(44)42(36(29)40-34)26-13-9-10-24(20-26)23-46-35-21-33-32(22-39-35)28-15-6-8-17-31(28)37(43)41(33)25-11-3-2-4-12-25/h2-22,37-38,43-44H,23H2,1H3. The molecule has 6 aromatic rings. The van der Waals surface area contributed by atoms with Crippen molar-refractivity contribution in [3.05, 3.63) is 144 Å². The van der Waals surface area contributed by atoms with Crippen LogP contribution >= 0.6 is 23.5 Å². The van der Waals surface area contributed by atoms with Gasteiger partial charge in [-0.25, -0.2) is 9.97 Å². The number of aliphatic hydroxyl groups is 2. The largest absolute Gasteiger partial charge is 0.369 e. The Morgan fingerprint density at radius 1 is 0.630 bits per heavy atom. The van der Waals surface area contributed by atoms with E-state index in [1.165, 1.54) is 0 Å². The minimum Gasteiger partial charge on any atom is -0.369 e. The maximum atomic E-state index is 11.6. The predicted molar refractivity (Wildman–Crippen MR) is 188 cm³/mol. The van der Waals surface area contributed by atoms with Crippen molar-refractivity contribution in [2.24, 2.45) is 0 Å². The summed E-state index contributed by atoms with van der Waals surface area (Å²) in [5.74, 6) is 1.43. The van der Waals surface area contributed by atoms with E-state index in [2.05, 4.69) is 24.3 Å². The number of hydrogen-bond donors (Lipinski definition) is 2. The van der Waals surface area contributed by atoms with Crippen molar-refractivity contribution in [2.45, 2.75) is 28.3 Å². The third-order valence-corrected chi connectivity index (χ3v) is 10.2. The van der Waals surface area contributed by atoms with Crippen LogP contribution in [0.15, 0.2) is 138 Å². The van der Waals surface area contributed by atoms with Gasteiger partial charge in [-0.2, -0.15) is 0 Å². The molecule has 8 heteroatoms. The lowest BCUT2D eigenvalue weighted by Gasteiger charge is -2.37. The van der Waals surface area contributed by atoms with E-state index in [9.17, 15) is 10.2 Å². The highest BCUT2D eigenvalue weighted by molar-refractivity contribution is 7.98. The Labute approximate surface area is 276 Å². The van der Waals surface area contributed by atoms with Gasteiger partial charge in [-0.1, -0.05) is 78.9 Å². The summed E-state index contributed by atoms with van der Waals surface area (Å²) in [6, 6.07) is 40.4. The summed E-state index contributed by atoms with van der Waals surface area (Å²) in [4.78, 5) is 13.7. The van der Waals surface area contributed by atoms with E-state index < -0.39 is 12.5 Å². The normalized spacial score (nSPS) is 16.3. The molecule has 46 heavy (non-hydrogen) atoms. The van der Waals surface area contributed by atoms with Gasteiger partial charge >= 0.3 is 0 Å². The van der Waals surface area contributed by atoms with E-state index in [-0.39, 0.29) is 0 Å². The Kier molecular flexibility index (Phi) is 7.50. The summed E-state index contributed by atoms with van der Waals surface area (Å²) in [7, 11) is 0. The molecule has 4 aromatic carbocycles. The number of anilines is 4. The van der Waals surface area contributed by atoms with Crippen LogP contribution in [0.1, 0.15) is 29.1 Å². The fourth-order valence-corrected chi connectivity index (χ4v) is 7.60. The molecule has 2 aromatic heterocycles. The molecule has 0 radical (unpaired) electrons. The van der Waals surface area contributed by atoms with Gasteiger partial charge in [0.1, 0.15) is 5.82 Å². The van der Waals surface area contributed by atoms with Crippen LogP contribution in [-0.2, 0) is 5.75 Å². The first kappa shape index (κ1) is 28.8. The Hall–Kier alpha value is -4.60. The summed E-state index contributed by atoms with van der Waals surface area (Å²) < 4.78 is 0. The van der Waals surface area contributed by atoms with E-state index in [4.69, 9.17) is 9.97 Å². The minimum atomic E-state index is -0.864. The number of hydrogen-bond acceptors (Lipinski definition) is 8. The van der Waals surface area contributed by atoms with Crippen LogP contribution in [0.2, 0.25) is 0 Å². The van der Waals surface area contributed by atoms with E-state index >= 15 is 0 Å². The molecule has 2 atom stereocenters. The van der Waals surface area contributed by atoms with Gasteiger partial charge in [-0.15, -0.1) is 23.5 Å². The molecule has 4 heterocycles. The van der Waals surface area contributed by atoms with Crippen LogP contribution in [0.3, 0.4) is 0 Å². The van der Waals surface area contributed by atoms with Crippen molar-refractivity contribution < 1.29 is 10.2 Å². The van der Waals surface area contributed by atoms with Gasteiger partial charge in [0.2, 0.25) is 0 Å². The number of nitrogens with zero attached hydrogens (tertiary/aromatic N) is 4. The van der Waals surface area contributed by atoms with Crippen molar-refractivity contribution in [3.63, 3.8) is 0 Å². The zero-order chi connectivity index (χ0) is 31.2. The molecule has 0 amide bonds. The number of pyridine rings is 2. The van der Waals surface area contributed by atoms with Gasteiger partial charge in [0.25, 0.3) is 0 Å². The van der Waals surface area contributed by atoms with Gasteiger partial charge in [-0.3, -0.25) is 4.90 Å². The van der Waals surface area contributed by atoms with Gasteiger partial charge in [0, 0.05) is 45.6 Å². The Balaban J connectivity index is 1.12. The average molecular weight is 639 g/mol. The molecule has 0 saturated heterocycles. The molecule has 6 nitrogen and oxygen atoms in total. The van der Waals surface area contributed by atoms with Gasteiger partial charge < -0.3 is 15.1 Å². The molecule has 226 valence electrons. The first-order chi connectivity index (χ1) is 22.6. The van der Waals surface area contributed by atoms with Gasteiger partial charge in [0.05, 0.1) is 15.7 Å². The molecule has 0 bridgehead atoms. The highest BCUT2D eigenvalue weighted by atomic mass is 32.2. The third-order valence-electron chi connectivity index (χ3n) is 8.56. The van der Waals surface area contributed by atoms with E-state index in [1.807, 2.05) is 119 Å². The van der Waals surface area contributed by atoms with Gasteiger partial charge in [0.15, 0.2) is 12.5 Å². The number of thioether (sulfide) groups is 2. The zero-order valence-electron chi connectivity index (χ0n) is 25.0. The quantitative estimate of drug-likeness (QED) is 0.175. The Morgan fingerprint density at radius 3 is 2.07 bits per heavy atom. The summed E-state index contributed by atoms with van der Waals surface area (Å²) in [6.45, 7) is 0. The monoisotopic (exact) mass is 638 g/mol. The van der Waals surface area contributed by atoms with Crippen molar-refractivity contribution in [1.82, 2.24) is 9.97 Å². The number of para-hydroxylation sites is 1. The second-order valence-electron chi connectivity index (χ2n) is 11.2. The summed E-state index contributed by atoms with van der Waals surface area (Å²) >= 11 is 3.23. The van der Waals surface area contributed by atoms with E-state index in [0.29, 0.717) is 5.75 Å². The summed E-state index contributed by atoms with van der Waals surface area (Å²) in [5, 5.41) is 24.9. The van der Waals surface area contributed by atoms with Crippen LogP contribution in [0.5, 0.6) is 0 Å². The van der Waals surface area contributed by atoms with Gasteiger partial charge in [-0.05, 0) is 65.4 Å². The lowest BCUT2D eigenvalue weighted by atomic mass is 9.93.